The molecule has 12 heteroatoms. The first kappa shape index (κ1) is 27.0. The number of aryl methyl sites for hydroxylation is 1. The minimum atomic E-state index is -0.730. The topological polar surface area (TPSA) is 123 Å². The summed E-state index contributed by atoms with van der Waals surface area (Å²) in [6.07, 6.45) is 5.07. The second kappa shape index (κ2) is 11.3. The van der Waals surface area contributed by atoms with E-state index in [9.17, 15) is 18.8 Å². The molecule has 0 unspecified atom stereocenters. The fourth-order valence-corrected chi connectivity index (χ4v) is 3.95. The molecular weight excluding hydrogens is 530 g/mol. The average molecular weight is 555 g/mol. The largest absolute Gasteiger partial charge is 0.457 e. The van der Waals surface area contributed by atoms with E-state index in [0.717, 1.165) is 17.7 Å². The normalized spacial score (nSPS) is 10.9. The molecule has 0 aliphatic rings. The number of benzene rings is 2. The third kappa shape index (κ3) is 6.04. The van der Waals surface area contributed by atoms with Crippen LogP contribution in [0.1, 0.15) is 31.0 Å². The summed E-state index contributed by atoms with van der Waals surface area (Å²) in [5.41, 5.74) is 2.24. The van der Waals surface area contributed by atoms with Gasteiger partial charge in [-0.25, -0.2) is 18.3 Å². The molecule has 0 aliphatic heterocycles. The number of nitrogens with zero attached hydrogens (tertiary/aromatic N) is 6. The molecule has 206 valence electrons. The van der Waals surface area contributed by atoms with Crippen LogP contribution in [0.15, 0.2) is 73.2 Å². The van der Waals surface area contributed by atoms with Crippen molar-refractivity contribution < 1.29 is 18.3 Å². The highest BCUT2D eigenvalue weighted by Gasteiger charge is 2.17. The Hall–Kier alpha value is -5.57. The summed E-state index contributed by atoms with van der Waals surface area (Å²) < 4.78 is 37.7. The van der Waals surface area contributed by atoms with Gasteiger partial charge in [0.2, 0.25) is 0 Å². The molecular formula is C29H24F2N8O2. The highest BCUT2D eigenvalue weighted by molar-refractivity contribution is 5.99. The van der Waals surface area contributed by atoms with Crippen LogP contribution in [-0.2, 0) is 7.05 Å². The Kier molecular flexibility index (Phi) is 7.43. The van der Waals surface area contributed by atoms with Gasteiger partial charge in [-0.05, 0) is 42.3 Å². The number of nitrogens with one attached hydrogen (secondary N) is 2. The van der Waals surface area contributed by atoms with Crippen molar-refractivity contribution in [1.82, 2.24) is 24.5 Å². The molecule has 2 N–H and O–H groups in total. The van der Waals surface area contributed by atoms with Gasteiger partial charge >= 0.3 is 6.03 Å². The van der Waals surface area contributed by atoms with Gasteiger partial charge in [-0.2, -0.15) is 15.5 Å². The second-order valence-electron chi connectivity index (χ2n) is 9.40. The fourth-order valence-electron chi connectivity index (χ4n) is 3.95. The molecule has 5 aromatic rings. The molecule has 2 amide bonds. The van der Waals surface area contributed by atoms with Crippen molar-refractivity contribution in [3.05, 3.63) is 96.1 Å². The number of nitriles is 1. The Bertz CT molecular complexity index is 1790. The van der Waals surface area contributed by atoms with Crippen LogP contribution in [0.2, 0.25) is 0 Å². The molecule has 3 heterocycles. The van der Waals surface area contributed by atoms with Crippen molar-refractivity contribution in [2.24, 2.45) is 7.05 Å². The van der Waals surface area contributed by atoms with Gasteiger partial charge in [-0.15, -0.1) is 0 Å². The Balaban J connectivity index is 1.31. The number of carbonyl (C=O) groups is 1. The molecule has 0 radical (unpaired) electrons. The molecule has 0 saturated carbocycles. The Labute approximate surface area is 233 Å². The quantitative estimate of drug-likeness (QED) is 0.241. The van der Waals surface area contributed by atoms with E-state index in [2.05, 4.69) is 25.8 Å². The van der Waals surface area contributed by atoms with Crippen molar-refractivity contribution in [3.8, 4) is 34.5 Å². The van der Waals surface area contributed by atoms with Crippen molar-refractivity contribution in [3.63, 3.8) is 0 Å². The van der Waals surface area contributed by atoms with Crippen LogP contribution < -0.4 is 15.4 Å². The molecule has 0 spiro atoms. The molecule has 5 rings (SSSR count). The first-order valence-electron chi connectivity index (χ1n) is 12.5. The molecule has 0 saturated heterocycles. The Morgan fingerprint density at radius 1 is 1.02 bits per heavy atom. The van der Waals surface area contributed by atoms with E-state index in [-0.39, 0.29) is 28.7 Å². The third-order valence-electron chi connectivity index (χ3n) is 6.03. The highest BCUT2D eigenvalue weighted by Crippen LogP contribution is 2.29. The Morgan fingerprint density at radius 3 is 2.54 bits per heavy atom. The van der Waals surface area contributed by atoms with Gasteiger partial charge in [0.15, 0.2) is 0 Å². The summed E-state index contributed by atoms with van der Waals surface area (Å²) in [5, 5.41) is 22.9. The standard InChI is InChI=1S/C29H24F2N8O2/c1-17(2)26-13-28(39(37-26)20-4-6-23(30)18(10-20)14-32)36-29(40)35-25-7-5-21(11-24(25)31)41-22-8-9-33-27(12-22)19-15-34-38(3)16-19/h4-13,15-17H,1-3H3,(H2,35,36,40). The van der Waals surface area contributed by atoms with Crippen molar-refractivity contribution >= 4 is 17.5 Å². The van der Waals surface area contributed by atoms with Crippen molar-refractivity contribution in [1.29, 1.82) is 5.26 Å². The number of amides is 2. The number of hydrogen-bond acceptors (Lipinski definition) is 6. The van der Waals surface area contributed by atoms with Crippen LogP contribution >= 0.6 is 0 Å². The van der Waals surface area contributed by atoms with Gasteiger partial charge in [0.25, 0.3) is 0 Å². The van der Waals surface area contributed by atoms with Crippen molar-refractivity contribution in [2.45, 2.75) is 19.8 Å². The van der Waals surface area contributed by atoms with Crippen LogP contribution in [-0.4, -0.2) is 30.6 Å². The lowest BCUT2D eigenvalue weighted by molar-refractivity contribution is 0.262. The molecule has 0 atom stereocenters. The van der Waals surface area contributed by atoms with Crippen LogP contribution in [0.3, 0.4) is 0 Å². The summed E-state index contributed by atoms with van der Waals surface area (Å²) in [6.45, 7) is 3.85. The maximum atomic E-state index is 14.9. The minimum absolute atomic E-state index is 0.0153. The van der Waals surface area contributed by atoms with Crippen molar-refractivity contribution in [2.75, 3.05) is 10.6 Å². The van der Waals surface area contributed by atoms with E-state index in [1.807, 2.05) is 20.0 Å². The van der Waals surface area contributed by atoms with Gasteiger partial charge in [0.1, 0.15) is 35.0 Å². The lowest BCUT2D eigenvalue weighted by Crippen LogP contribution is -2.22. The smallest absolute Gasteiger partial charge is 0.324 e. The summed E-state index contributed by atoms with van der Waals surface area (Å²) >= 11 is 0. The van der Waals surface area contributed by atoms with Crippen LogP contribution in [0.5, 0.6) is 11.5 Å². The molecule has 41 heavy (non-hydrogen) atoms. The summed E-state index contributed by atoms with van der Waals surface area (Å²) in [7, 11) is 1.80. The fraction of sp³-hybridized carbons (Fsp3) is 0.138. The number of anilines is 2. The summed E-state index contributed by atoms with van der Waals surface area (Å²) in [5.74, 6) is -0.439. The van der Waals surface area contributed by atoms with Gasteiger partial charge in [-0.3, -0.25) is 15.0 Å². The molecule has 0 bridgehead atoms. The average Bonchev–Trinajstić information content (AvgIpc) is 3.57. The van der Waals surface area contributed by atoms with E-state index >= 15 is 0 Å². The highest BCUT2D eigenvalue weighted by atomic mass is 19.1. The number of urea groups is 1. The lowest BCUT2D eigenvalue weighted by Gasteiger charge is -2.12. The number of halogens is 2. The van der Waals surface area contributed by atoms with E-state index in [1.165, 1.54) is 28.9 Å². The van der Waals surface area contributed by atoms with E-state index in [1.54, 1.807) is 48.4 Å². The van der Waals surface area contributed by atoms with Crippen LogP contribution in [0.25, 0.3) is 16.9 Å². The Morgan fingerprint density at radius 2 is 1.83 bits per heavy atom. The number of carbonyl (C=O) groups excluding carboxylic acids is 1. The molecule has 0 aliphatic carbocycles. The van der Waals surface area contributed by atoms with E-state index in [0.29, 0.717) is 22.8 Å². The molecule has 0 fully saturated rings. The molecule has 2 aromatic carbocycles. The second-order valence-corrected chi connectivity index (χ2v) is 9.40. The van der Waals surface area contributed by atoms with Crippen LogP contribution in [0, 0.1) is 23.0 Å². The zero-order chi connectivity index (χ0) is 29.1. The predicted octanol–water partition coefficient (Wildman–Crippen LogP) is 6.38. The maximum absolute atomic E-state index is 14.9. The van der Waals surface area contributed by atoms with E-state index < -0.39 is 17.7 Å². The summed E-state index contributed by atoms with van der Waals surface area (Å²) in [6, 6.07) is 14.0. The third-order valence-corrected chi connectivity index (χ3v) is 6.03. The number of aromatic nitrogens is 5. The number of hydrogen-bond donors (Lipinski definition) is 2. The zero-order valence-corrected chi connectivity index (χ0v) is 22.3. The number of pyridine rings is 1. The summed E-state index contributed by atoms with van der Waals surface area (Å²) in [4.78, 5) is 17.1. The monoisotopic (exact) mass is 554 g/mol. The predicted molar refractivity (Wildman–Crippen MR) is 148 cm³/mol. The molecule has 10 nitrogen and oxygen atoms in total. The first-order chi connectivity index (χ1) is 19.7. The zero-order valence-electron chi connectivity index (χ0n) is 22.3. The van der Waals surface area contributed by atoms with Crippen LogP contribution in [0.4, 0.5) is 25.1 Å². The number of ether oxygens (including phenoxy) is 1. The van der Waals surface area contributed by atoms with Gasteiger partial charge in [0, 0.05) is 43.2 Å². The number of rotatable bonds is 7. The SMILES string of the molecule is CC(C)c1cc(NC(=O)Nc2ccc(Oc3ccnc(-c4cnn(C)c4)c3)cc2F)n(-c2ccc(F)c(C#N)c2)n1. The molecule has 3 aromatic heterocycles. The van der Waals surface area contributed by atoms with Gasteiger partial charge < -0.3 is 10.1 Å². The van der Waals surface area contributed by atoms with Gasteiger partial charge in [-0.1, -0.05) is 13.8 Å². The first-order valence-corrected chi connectivity index (χ1v) is 12.5. The van der Waals surface area contributed by atoms with Gasteiger partial charge in [0.05, 0.1) is 34.5 Å². The van der Waals surface area contributed by atoms with E-state index in [4.69, 9.17) is 4.74 Å². The lowest BCUT2D eigenvalue weighted by atomic mass is 10.1. The minimum Gasteiger partial charge on any atom is -0.457 e. The maximum Gasteiger partial charge on any atom is 0.324 e.